The van der Waals surface area contributed by atoms with Crippen LogP contribution in [0.5, 0.6) is 11.5 Å². The molecule has 5 heteroatoms. The van der Waals surface area contributed by atoms with Crippen molar-refractivity contribution in [2.24, 2.45) is 11.8 Å². The summed E-state index contributed by atoms with van der Waals surface area (Å²) in [6, 6.07) is 6.59. The molecule has 1 heterocycles. The van der Waals surface area contributed by atoms with Crippen molar-refractivity contribution in [1.82, 2.24) is 10.6 Å². The van der Waals surface area contributed by atoms with Gasteiger partial charge in [0.15, 0.2) is 16.6 Å². The minimum Gasteiger partial charge on any atom is -0.454 e. The number of rotatable bonds is 3. The van der Waals surface area contributed by atoms with E-state index in [0.717, 1.165) is 34.0 Å². The van der Waals surface area contributed by atoms with Crippen LogP contribution in [0.1, 0.15) is 31.2 Å². The first kappa shape index (κ1) is 13.2. The molecule has 2 aliphatic carbocycles. The second-order valence-electron chi connectivity index (χ2n) is 6.30. The third kappa shape index (κ3) is 2.67. The van der Waals surface area contributed by atoms with Gasteiger partial charge in [0, 0.05) is 12.6 Å². The quantitative estimate of drug-likeness (QED) is 0.840. The Morgan fingerprint density at radius 1 is 1.19 bits per heavy atom. The number of hydrogen-bond donors (Lipinski definition) is 2. The molecule has 3 unspecified atom stereocenters. The minimum absolute atomic E-state index is 0.316. The van der Waals surface area contributed by atoms with Crippen molar-refractivity contribution >= 4 is 17.3 Å². The molecule has 0 radical (unpaired) electrons. The zero-order chi connectivity index (χ0) is 14.2. The van der Waals surface area contributed by atoms with Crippen molar-refractivity contribution < 1.29 is 9.47 Å². The molecule has 0 spiro atoms. The summed E-state index contributed by atoms with van der Waals surface area (Å²) in [5.41, 5.74) is 1.15. The zero-order valence-corrected chi connectivity index (χ0v) is 12.7. The molecule has 1 aromatic rings. The number of nitrogens with one attached hydrogen (secondary N) is 2. The fourth-order valence-corrected chi connectivity index (χ4v) is 4.10. The molecule has 4 rings (SSSR count). The van der Waals surface area contributed by atoms with E-state index in [1.165, 1.54) is 25.7 Å². The van der Waals surface area contributed by atoms with Gasteiger partial charge in [0.05, 0.1) is 0 Å². The fourth-order valence-electron chi connectivity index (χ4n) is 3.87. The molecule has 2 bridgehead atoms. The van der Waals surface area contributed by atoms with Gasteiger partial charge in [-0.15, -0.1) is 0 Å². The summed E-state index contributed by atoms with van der Waals surface area (Å²) in [6.45, 7) is 1.03. The lowest BCUT2D eigenvalue weighted by Gasteiger charge is -2.24. The predicted octanol–water partition coefficient (Wildman–Crippen LogP) is 2.57. The van der Waals surface area contributed by atoms with Gasteiger partial charge >= 0.3 is 0 Å². The molecule has 0 aromatic heterocycles. The molecule has 2 saturated carbocycles. The van der Waals surface area contributed by atoms with E-state index in [1.807, 2.05) is 18.2 Å². The van der Waals surface area contributed by atoms with Gasteiger partial charge in [-0.05, 0) is 61.0 Å². The zero-order valence-electron chi connectivity index (χ0n) is 11.9. The first-order chi connectivity index (χ1) is 10.3. The summed E-state index contributed by atoms with van der Waals surface area (Å²) in [5.74, 6) is 3.41. The Kier molecular flexibility index (Phi) is 3.37. The van der Waals surface area contributed by atoms with Crippen LogP contribution in [0.4, 0.5) is 0 Å². The fraction of sp³-hybridized carbons (Fsp3) is 0.562. The SMILES string of the molecule is S=C(NCc1ccc2c(c1)OCO2)NC1CC2CCC1C2. The Hall–Kier alpha value is -1.49. The van der Waals surface area contributed by atoms with Gasteiger partial charge in [-0.3, -0.25) is 0 Å². The van der Waals surface area contributed by atoms with Crippen LogP contribution in [-0.4, -0.2) is 17.9 Å². The normalized spacial score (nSPS) is 28.7. The summed E-state index contributed by atoms with van der Waals surface area (Å²) >= 11 is 5.43. The highest BCUT2D eigenvalue weighted by Crippen LogP contribution is 2.44. The topological polar surface area (TPSA) is 42.5 Å². The molecule has 0 amide bonds. The molecular formula is C16H20N2O2S. The number of fused-ring (bicyclic) bond motifs is 3. The van der Waals surface area contributed by atoms with Crippen LogP contribution < -0.4 is 20.1 Å². The summed E-state index contributed by atoms with van der Waals surface area (Å²) < 4.78 is 10.7. The first-order valence-corrected chi connectivity index (χ1v) is 8.11. The molecule has 0 saturated heterocycles. The first-order valence-electron chi connectivity index (χ1n) is 7.71. The molecule has 21 heavy (non-hydrogen) atoms. The molecule has 3 atom stereocenters. The van der Waals surface area contributed by atoms with Gasteiger partial charge in [-0.2, -0.15) is 0 Å². The van der Waals surface area contributed by atoms with Gasteiger partial charge in [-0.25, -0.2) is 0 Å². The highest BCUT2D eigenvalue weighted by molar-refractivity contribution is 7.80. The molecule has 3 aliphatic rings. The van der Waals surface area contributed by atoms with Crippen molar-refractivity contribution in [3.63, 3.8) is 0 Å². The Morgan fingerprint density at radius 3 is 2.90 bits per heavy atom. The Balaban J connectivity index is 1.29. The molecule has 2 N–H and O–H groups in total. The van der Waals surface area contributed by atoms with Crippen LogP contribution in [0.2, 0.25) is 0 Å². The van der Waals surface area contributed by atoms with Crippen LogP contribution in [0.25, 0.3) is 0 Å². The summed E-state index contributed by atoms with van der Waals surface area (Å²) in [6.07, 6.45) is 5.46. The van der Waals surface area contributed by atoms with E-state index >= 15 is 0 Å². The van der Waals surface area contributed by atoms with Crippen molar-refractivity contribution in [3.05, 3.63) is 23.8 Å². The maximum atomic E-state index is 5.43. The number of hydrogen-bond acceptors (Lipinski definition) is 3. The van der Waals surface area contributed by atoms with Crippen LogP contribution in [0.15, 0.2) is 18.2 Å². The van der Waals surface area contributed by atoms with Crippen LogP contribution >= 0.6 is 12.2 Å². The highest BCUT2D eigenvalue weighted by Gasteiger charge is 2.39. The van der Waals surface area contributed by atoms with Gasteiger partial charge in [-0.1, -0.05) is 12.5 Å². The van der Waals surface area contributed by atoms with Crippen molar-refractivity contribution in [1.29, 1.82) is 0 Å². The van der Waals surface area contributed by atoms with E-state index in [0.29, 0.717) is 19.4 Å². The number of benzene rings is 1. The van der Waals surface area contributed by atoms with E-state index in [2.05, 4.69) is 10.6 Å². The lowest BCUT2D eigenvalue weighted by atomic mass is 9.96. The van der Waals surface area contributed by atoms with E-state index in [1.54, 1.807) is 0 Å². The second kappa shape index (κ2) is 5.37. The van der Waals surface area contributed by atoms with Crippen LogP contribution in [0, 0.1) is 11.8 Å². The van der Waals surface area contributed by atoms with E-state index in [-0.39, 0.29) is 0 Å². The van der Waals surface area contributed by atoms with E-state index < -0.39 is 0 Å². The third-order valence-corrected chi connectivity index (χ3v) is 5.21. The van der Waals surface area contributed by atoms with Crippen molar-refractivity contribution in [2.75, 3.05) is 6.79 Å². The van der Waals surface area contributed by atoms with Gasteiger partial charge < -0.3 is 20.1 Å². The maximum absolute atomic E-state index is 5.43. The maximum Gasteiger partial charge on any atom is 0.231 e. The van der Waals surface area contributed by atoms with Gasteiger partial charge in [0.1, 0.15) is 0 Å². The summed E-state index contributed by atoms with van der Waals surface area (Å²) in [4.78, 5) is 0. The molecule has 4 nitrogen and oxygen atoms in total. The van der Waals surface area contributed by atoms with Crippen LogP contribution in [0.3, 0.4) is 0 Å². The lowest BCUT2D eigenvalue weighted by Crippen LogP contribution is -2.43. The number of ether oxygens (including phenoxy) is 2. The molecule has 1 aromatic carbocycles. The van der Waals surface area contributed by atoms with Gasteiger partial charge in [0.25, 0.3) is 0 Å². The Morgan fingerprint density at radius 2 is 2.10 bits per heavy atom. The lowest BCUT2D eigenvalue weighted by molar-refractivity contribution is 0.174. The molecule has 2 fully saturated rings. The van der Waals surface area contributed by atoms with E-state index in [4.69, 9.17) is 21.7 Å². The summed E-state index contributed by atoms with van der Waals surface area (Å²) in [5, 5.41) is 7.57. The Labute approximate surface area is 130 Å². The monoisotopic (exact) mass is 304 g/mol. The average Bonchev–Trinajstić information content (AvgIpc) is 3.20. The minimum atomic E-state index is 0.316. The Bertz CT molecular complexity index is 563. The second-order valence-corrected chi connectivity index (χ2v) is 6.70. The van der Waals surface area contributed by atoms with E-state index in [9.17, 15) is 0 Å². The number of thiocarbonyl (C=S) groups is 1. The molecule has 1 aliphatic heterocycles. The standard InChI is InChI=1S/C16H20N2O2S/c21-16(18-13-6-10-1-3-12(13)5-10)17-8-11-2-4-14-15(7-11)20-9-19-14/h2,4,7,10,12-13H,1,3,5-6,8-9H2,(H2,17,18,21). The molecule has 112 valence electrons. The van der Waals surface area contributed by atoms with Crippen molar-refractivity contribution in [2.45, 2.75) is 38.3 Å². The largest absolute Gasteiger partial charge is 0.454 e. The third-order valence-electron chi connectivity index (χ3n) is 4.94. The highest BCUT2D eigenvalue weighted by atomic mass is 32.1. The smallest absolute Gasteiger partial charge is 0.231 e. The van der Waals surface area contributed by atoms with Gasteiger partial charge in [0.2, 0.25) is 6.79 Å². The predicted molar refractivity (Wildman–Crippen MR) is 84.4 cm³/mol. The molecular weight excluding hydrogens is 284 g/mol. The average molecular weight is 304 g/mol. The summed E-state index contributed by atoms with van der Waals surface area (Å²) in [7, 11) is 0. The van der Waals surface area contributed by atoms with Crippen molar-refractivity contribution in [3.8, 4) is 11.5 Å². The van der Waals surface area contributed by atoms with Crippen LogP contribution in [-0.2, 0) is 6.54 Å².